The number of aryl methyl sites for hydroxylation is 1. The molecule has 0 atom stereocenters. The lowest BCUT2D eigenvalue weighted by atomic mass is 10.1. The van der Waals surface area contributed by atoms with E-state index in [0.29, 0.717) is 12.1 Å². The zero-order valence-electron chi connectivity index (χ0n) is 16.3. The van der Waals surface area contributed by atoms with E-state index in [4.69, 9.17) is 0 Å². The van der Waals surface area contributed by atoms with Crippen LogP contribution in [-0.2, 0) is 0 Å². The first-order valence-corrected chi connectivity index (χ1v) is 9.21. The van der Waals surface area contributed by atoms with Crippen LogP contribution in [0.15, 0.2) is 66.9 Å². The molecule has 0 aliphatic rings. The average molecular weight is 373 g/mol. The molecular weight excluding hydrogens is 350 g/mol. The molecule has 1 N–H and O–H groups in total. The number of benzene rings is 2. The first-order valence-electron chi connectivity index (χ1n) is 9.21. The Labute approximate surface area is 165 Å². The van der Waals surface area contributed by atoms with Gasteiger partial charge in [-0.25, -0.2) is 0 Å². The van der Waals surface area contributed by atoms with E-state index in [1.54, 1.807) is 11.0 Å². The van der Waals surface area contributed by atoms with Crippen LogP contribution in [0.2, 0.25) is 0 Å². The van der Waals surface area contributed by atoms with Crippen molar-refractivity contribution in [3.8, 4) is 0 Å². The number of nitrogens with zero attached hydrogens (tertiary/aromatic N) is 2. The number of pyridine rings is 1. The van der Waals surface area contributed by atoms with Crippen molar-refractivity contribution in [3.05, 3.63) is 89.2 Å². The quantitative estimate of drug-likeness (QED) is 0.710. The van der Waals surface area contributed by atoms with Crippen molar-refractivity contribution in [2.24, 2.45) is 0 Å². The van der Waals surface area contributed by atoms with Crippen molar-refractivity contribution in [2.45, 2.75) is 20.8 Å². The zero-order valence-corrected chi connectivity index (χ0v) is 16.3. The number of amides is 2. The summed E-state index contributed by atoms with van der Waals surface area (Å²) in [5.41, 5.74) is 4.28. The van der Waals surface area contributed by atoms with E-state index < -0.39 is 0 Å². The van der Waals surface area contributed by atoms with Gasteiger partial charge in [0, 0.05) is 29.7 Å². The van der Waals surface area contributed by atoms with Crippen LogP contribution in [0.4, 0.5) is 11.4 Å². The summed E-state index contributed by atoms with van der Waals surface area (Å²) in [5, 5.41) is 2.88. The second-order valence-electron chi connectivity index (χ2n) is 6.52. The van der Waals surface area contributed by atoms with Gasteiger partial charge in [-0.1, -0.05) is 30.3 Å². The maximum absolute atomic E-state index is 13.0. The van der Waals surface area contributed by atoms with Gasteiger partial charge in [-0.15, -0.1) is 0 Å². The van der Waals surface area contributed by atoms with Crippen molar-refractivity contribution in [3.63, 3.8) is 0 Å². The number of aromatic nitrogens is 1. The molecule has 2 aromatic carbocycles. The number of nitrogens with one attached hydrogen (secondary N) is 1. The molecule has 3 rings (SSSR count). The van der Waals surface area contributed by atoms with Crippen LogP contribution < -0.4 is 10.2 Å². The highest BCUT2D eigenvalue weighted by molar-refractivity contribution is 6.09. The van der Waals surface area contributed by atoms with Gasteiger partial charge in [0.05, 0.1) is 0 Å². The van der Waals surface area contributed by atoms with E-state index in [9.17, 15) is 9.59 Å². The Balaban J connectivity index is 1.84. The lowest BCUT2D eigenvalue weighted by molar-refractivity contribution is 0.0988. The first kappa shape index (κ1) is 19.3. The molecule has 0 fully saturated rings. The minimum Gasteiger partial charge on any atom is -0.320 e. The van der Waals surface area contributed by atoms with Gasteiger partial charge in [-0.05, 0) is 62.2 Å². The number of anilines is 2. The predicted molar refractivity (Wildman–Crippen MR) is 112 cm³/mol. The first-order chi connectivity index (χ1) is 13.5. The third-order valence-corrected chi connectivity index (χ3v) is 4.72. The average Bonchev–Trinajstić information content (AvgIpc) is 2.72. The van der Waals surface area contributed by atoms with Crippen LogP contribution >= 0.6 is 0 Å². The highest BCUT2D eigenvalue weighted by Gasteiger charge is 2.18. The van der Waals surface area contributed by atoms with E-state index in [1.807, 2.05) is 69.3 Å². The van der Waals surface area contributed by atoms with Gasteiger partial charge in [0.1, 0.15) is 5.69 Å². The van der Waals surface area contributed by atoms with E-state index in [0.717, 1.165) is 22.5 Å². The van der Waals surface area contributed by atoms with Gasteiger partial charge in [0.25, 0.3) is 11.8 Å². The van der Waals surface area contributed by atoms with Gasteiger partial charge in [-0.3, -0.25) is 14.6 Å². The zero-order chi connectivity index (χ0) is 20.1. The van der Waals surface area contributed by atoms with Crippen molar-refractivity contribution in [1.29, 1.82) is 0 Å². The highest BCUT2D eigenvalue weighted by atomic mass is 16.2. The third-order valence-electron chi connectivity index (χ3n) is 4.72. The molecule has 28 heavy (non-hydrogen) atoms. The van der Waals surface area contributed by atoms with Crippen molar-refractivity contribution >= 4 is 23.2 Å². The van der Waals surface area contributed by atoms with E-state index in [2.05, 4.69) is 10.3 Å². The van der Waals surface area contributed by atoms with E-state index in [-0.39, 0.29) is 17.5 Å². The number of carbonyl (C=O) groups is 2. The Bertz CT molecular complexity index is 1000. The molecule has 2 amide bonds. The molecule has 0 aliphatic heterocycles. The number of hydrogen-bond donors (Lipinski definition) is 1. The summed E-state index contributed by atoms with van der Waals surface area (Å²) in [7, 11) is 0. The third kappa shape index (κ3) is 4.09. The van der Waals surface area contributed by atoms with Crippen LogP contribution in [-0.4, -0.2) is 23.3 Å². The summed E-state index contributed by atoms with van der Waals surface area (Å²) in [6, 6.07) is 18.4. The molecule has 3 aromatic rings. The lowest BCUT2D eigenvalue weighted by Gasteiger charge is -2.21. The molecule has 142 valence electrons. The fraction of sp³-hybridized carbons (Fsp3) is 0.174. The predicted octanol–water partition coefficient (Wildman–Crippen LogP) is 4.62. The van der Waals surface area contributed by atoms with Crippen molar-refractivity contribution in [1.82, 2.24) is 4.98 Å². The van der Waals surface area contributed by atoms with Gasteiger partial charge >= 0.3 is 0 Å². The van der Waals surface area contributed by atoms with Crippen LogP contribution in [0, 0.1) is 13.8 Å². The normalized spacial score (nSPS) is 10.4. The maximum atomic E-state index is 13.0. The molecule has 1 heterocycles. The Kier molecular flexibility index (Phi) is 5.84. The number of para-hydroxylation sites is 1. The molecule has 0 bridgehead atoms. The molecule has 5 heteroatoms. The Hall–Kier alpha value is -3.47. The fourth-order valence-corrected chi connectivity index (χ4v) is 2.97. The maximum Gasteiger partial charge on any atom is 0.274 e. The fourth-order valence-electron chi connectivity index (χ4n) is 2.97. The summed E-state index contributed by atoms with van der Waals surface area (Å²) in [6.45, 7) is 6.39. The Morgan fingerprint density at radius 1 is 1.00 bits per heavy atom. The van der Waals surface area contributed by atoms with Crippen molar-refractivity contribution < 1.29 is 9.59 Å². The molecule has 0 spiro atoms. The molecular formula is C23H23N3O2. The lowest BCUT2D eigenvalue weighted by Crippen LogP contribution is -2.31. The molecule has 1 aromatic heterocycles. The Morgan fingerprint density at radius 3 is 2.46 bits per heavy atom. The second kappa shape index (κ2) is 8.48. The van der Waals surface area contributed by atoms with Gasteiger partial charge in [0.2, 0.25) is 0 Å². The second-order valence-corrected chi connectivity index (χ2v) is 6.52. The topological polar surface area (TPSA) is 62.3 Å². The minimum absolute atomic E-state index is 0.170. The number of rotatable bonds is 5. The van der Waals surface area contributed by atoms with E-state index >= 15 is 0 Å². The summed E-state index contributed by atoms with van der Waals surface area (Å²) in [5.74, 6) is -0.511. The minimum atomic E-state index is -0.342. The van der Waals surface area contributed by atoms with Crippen molar-refractivity contribution in [2.75, 3.05) is 16.8 Å². The molecule has 0 radical (unpaired) electrons. The largest absolute Gasteiger partial charge is 0.320 e. The van der Waals surface area contributed by atoms with Crippen LogP contribution in [0.1, 0.15) is 38.9 Å². The van der Waals surface area contributed by atoms with Gasteiger partial charge in [0.15, 0.2) is 0 Å². The number of hydrogen-bond acceptors (Lipinski definition) is 3. The van der Waals surface area contributed by atoms with Gasteiger partial charge in [-0.2, -0.15) is 0 Å². The molecule has 0 saturated carbocycles. The van der Waals surface area contributed by atoms with E-state index in [1.165, 1.54) is 12.3 Å². The van der Waals surface area contributed by atoms with Crippen LogP contribution in [0.3, 0.4) is 0 Å². The Morgan fingerprint density at radius 2 is 1.75 bits per heavy atom. The molecule has 5 nitrogen and oxygen atoms in total. The standard InChI is InChI=1S/C23H23N3O2/c1-4-26(19-10-6-5-7-11-19)23(28)18-13-14-24-21(15-18)22(27)25-20-12-8-9-16(2)17(20)3/h5-15H,4H2,1-3H3,(H,25,27). The summed E-state index contributed by atoms with van der Waals surface area (Å²) < 4.78 is 0. The number of carbonyl (C=O) groups excluding carboxylic acids is 2. The monoisotopic (exact) mass is 373 g/mol. The molecule has 0 saturated heterocycles. The van der Waals surface area contributed by atoms with Crippen LogP contribution in [0.25, 0.3) is 0 Å². The summed E-state index contributed by atoms with van der Waals surface area (Å²) in [6.07, 6.45) is 1.49. The smallest absolute Gasteiger partial charge is 0.274 e. The van der Waals surface area contributed by atoms with Gasteiger partial charge < -0.3 is 10.2 Å². The van der Waals surface area contributed by atoms with Crippen LogP contribution in [0.5, 0.6) is 0 Å². The highest BCUT2D eigenvalue weighted by Crippen LogP contribution is 2.20. The molecule has 0 unspecified atom stereocenters. The summed E-state index contributed by atoms with van der Waals surface area (Å²) >= 11 is 0. The SMILES string of the molecule is CCN(C(=O)c1ccnc(C(=O)Nc2cccc(C)c2C)c1)c1ccccc1. The molecule has 0 aliphatic carbocycles. The summed E-state index contributed by atoms with van der Waals surface area (Å²) in [4.78, 5) is 31.5.